The molecule has 1 heterocycles. The number of aromatic hydroxyl groups is 1. The monoisotopic (exact) mass is 452 g/mol. The third kappa shape index (κ3) is 3.69. The highest BCUT2D eigenvalue weighted by Crippen LogP contribution is 2.56. The van der Waals surface area contributed by atoms with Crippen LogP contribution in [0.25, 0.3) is 0 Å². The van der Waals surface area contributed by atoms with Crippen LogP contribution in [-0.4, -0.2) is 80.1 Å². The van der Waals surface area contributed by atoms with E-state index in [1.807, 2.05) is 0 Å². The Kier molecular flexibility index (Phi) is 6.99. The number of ether oxygens (including phenoxy) is 5. The Bertz CT molecular complexity index is 872. The molecule has 0 bridgehead atoms. The second-order valence-electron chi connectivity index (χ2n) is 7.54. The van der Waals surface area contributed by atoms with Crippen molar-refractivity contribution in [1.82, 2.24) is 0 Å². The largest absolute Gasteiger partial charge is 0.502 e. The minimum absolute atomic E-state index is 0.0388. The van der Waals surface area contributed by atoms with Gasteiger partial charge in [-0.25, -0.2) is 0 Å². The molecule has 1 aromatic carbocycles. The number of hydrogen-bond acceptors (Lipinski definition) is 10. The van der Waals surface area contributed by atoms with E-state index < -0.39 is 48.6 Å². The van der Waals surface area contributed by atoms with Crippen LogP contribution in [0, 0.1) is 11.3 Å². The number of aliphatic hydroxyl groups is 3. The Morgan fingerprint density at radius 2 is 1.53 bits per heavy atom. The zero-order valence-corrected chi connectivity index (χ0v) is 18.3. The maximum Gasteiger partial charge on any atom is 0.261 e. The SMILES string of the molecule is COC1=CC2(C=C(OC)C1=O)[C@@H](CO)[C@H](c1cc(OC)c(O)c(OC)c1)O[C@H]2[C@H](O)CO. The molecule has 4 atom stereocenters. The van der Waals surface area contributed by atoms with Crippen molar-refractivity contribution in [2.24, 2.45) is 11.3 Å². The average molecular weight is 452 g/mol. The van der Waals surface area contributed by atoms with Crippen LogP contribution in [0.1, 0.15) is 11.7 Å². The predicted octanol–water partition coefficient (Wildman–Crippen LogP) is 0.441. The molecule has 32 heavy (non-hydrogen) atoms. The summed E-state index contributed by atoms with van der Waals surface area (Å²) in [5, 5.41) is 41.0. The second-order valence-corrected chi connectivity index (χ2v) is 7.54. The molecule has 1 saturated heterocycles. The van der Waals surface area contributed by atoms with Gasteiger partial charge < -0.3 is 44.1 Å². The summed E-state index contributed by atoms with van der Waals surface area (Å²) >= 11 is 0. The molecule has 1 fully saturated rings. The molecule has 0 radical (unpaired) electrons. The first-order chi connectivity index (χ1) is 15.3. The maximum atomic E-state index is 12.6. The maximum absolute atomic E-state index is 12.6. The van der Waals surface area contributed by atoms with Crippen molar-refractivity contribution in [2.45, 2.75) is 18.3 Å². The molecule has 0 unspecified atom stereocenters. The van der Waals surface area contributed by atoms with Gasteiger partial charge in [0.1, 0.15) is 6.10 Å². The molecule has 1 spiro atoms. The predicted molar refractivity (Wildman–Crippen MR) is 110 cm³/mol. The lowest BCUT2D eigenvalue weighted by Crippen LogP contribution is -2.45. The van der Waals surface area contributed by atoms with E-state index in [1.54, 1.807) is 0 Å². The molecular weight excluding hydrogens is 424 g/mol. The molecule has 0 aromatic heterocycles. The standard InChI is InChI=1S/C22H28O10/c1-28-14-5-11(6-15(29-2)18(14)26)20-12(9-23)22(21(32-20)13(25)10-24)7-16(30-3)19(27)17(8-22)31-4/h5-8,12-13,20-21,23-26H,9-10H2,1-4H3/t12-,13+,20-,21-/m0/s1. The number of carbonyl (C=O) groups is 1. The third-order valence-corrected chi connectivity index (χ3v) is 6.01. The molecular formula is C22H28O10. The van der Waals surface area contributed by atoms with Crippen molar-refractivity contribution in [1.29, 1.82) is 0 Å². The molecule has 1 aliphatic heterocycles. The van der Waals surface area contributed by atoms with E-state index in [4.69, 9.17) is 23.7 Å². The number of hydrogen-bond donors (Lipinski definition) is 4. The van der Waals surface area contributed by atoms with Crippen LogP contribution in [0.2, 0.25) is 0 Å². The number of carbonyl (C=O) groups excluding carboxylic acids is 1. The molecule has 2 aliphatic rings. The van der Waals surface area contributed by atoms with Crippen molar-refractivity contribution in [2.75, 3.05) is 41.7 Å². The minimum Gasteiger partial charge on any atom is -0.502 e. The number of ketones is 1. The van der Waals surface area contributed by atoms with Gasteiger partial charge in [0.05, 0.1) is 52.7 Å². The van der Waals surface area contributed by atoms with Crippen LogP contribution in [0.5, 0.6) is 17.2 Å². The summed E-state index contributed by atoms with van der Waals surface area (Å²) in [6.07, 6.45) is -0.295. The molecule has 0 amide bonds. The third-order valence-electron chi connectivity index (χ3n) is 6.01. The van der Waals surface area contributed by atoms with E-state index in [0.717, 1.165) is 0 Å². The van der Waals surface area contributed by atoms with E-state index in [2.05, 4.69) is 0 Å². The van der Waals surface area contributed by atoms with Crippen molar-refractivity contribution in [3.8, 4) is 17.2 Å². The number of Topliss-reactive ketones (excluding diaryl/α,β-unsaturated/α-hetero) is 1. The van der Waals surface area contributed by atoms with Gasteiger partial charge >= 0.3 is 0 Å². The Labute approximate surface area is 185 Å². The van der Waals surface area contributed by atoms with Crippen LogP contribution in [0.4, 0.5) is 0 Å². The van der Waals surface area contributed by atoms with Crippen LogP contribution in [0.15, 0.2) is 35.8 Å². The number of benzene rings is 1. The number of aliphatic hydroxyl groups excluding tert-OH is 3. The van der Waals surface area contributed by atoms with Crippen molar-refractivity contribution >= 4 is 5.78 Å². The minimum atomic E-state index is -1.35. The molecule has 10 nitrogen and oxygen atoms in total. The Balaban J connectivity index is 2.22. The molecule has 176 valence electrons. The van der Waals surface area contributed by atoms with Gasteiger partial charge in [-0.3, -0.25) is 4.79 Å². The van der Waals surface area contributed by atoms with Crippen molar-refractivity contribution in [3.05, 3.63) is 41.4 Å². The average Bonchev–Trinajstić information content (AvgIpc) is 3.12. The zero-order chi connectivity index (χ0) is 23.6. The van der Waals surface area contributed by atoms with Crippen LogP contribution in [0.3, 0.4) is 0 Å². The first-order valence-corrected chi connectivity index (χ1v) is 9.90. The van der Waals surface area contributed by atoms with E-state index in [-0.39, 0.29) is 28.8 Å². The Hall–Kier alpha value is -2.79. The summed E-state index contributed by atoms with van der Waals surface area (Å²) < 4.78 is 27.1. The highest BCUT2D eigenvalue weighted by atomic mass is 16.5. The van der Waals surface area contributed by atoms with E-state index >= 15 is 0 Å². The fourth-order valence-electron chi connectivity index (χ4n) is 4.44. The highest BCUT2D eigenvalue weighted by Gasteiger charge is 2.59. The molecule has 3 rings (SSSR count). The van der Waals surface area contributed by atoms with Gasteiger partial charge in [-0.2, -0.15) is 0 Å². The van der Waals surface area contributed by atoms with Crippen LogP contribution >= 0.6 is 0 Å². The van der Waals surface area contributed by atoms with Gasteiger partial charge in [0, 0.05) is 12.5 Å². The van der Waals surface area contributed by atoms with E-state index in [0.29, 0.717) is 5.56 Å². The lowest BCUT2D eigenvalue weighted by atomic mass is 9.67. The molecule has 0 saturated carbocycles. The van der Waals surface area contributed by atoms with Gasteiger partial charge in [0.25, 0.3) is 5.78 Å². The number of phenolic OH excluding ortho intramolecular Hbond substituents is 1. The second kappa shape index (κ2) is 9.37. The molecule has 1 aromatic rings. The Morgan fingerprint density at radius 1 is 1.00 bits per heavy atom. The fraction of sp³-hybridized carbons (Fsp3) is 0.500. The zero-order valence-electron chi connectivity index (χ0n) is 18.3. The van der Waals surface area contributed by atoms with Crippen molar-refractivity contribution in [3.63, 3.8) is 0 Å². The lowest BCUT2D eigenvalue weighted by Gasteiger charge is -2.37. The van der Waals surface area contributed by atoms with Gasteiger partial charge in [0.15, 0.2) is 23.0 Å². The first-order valence-electron chi connectivity index (χ1n) is 9.90. The molecule has 1 aliphatic carbocycles. The van der Waals surface area contributed by atoms with Crippen LogP contribution in [-0.2, 0) is 19.0 Å². The summed E-state index contributed by atoms with van der Waals surface area (Å²) in [5.41, 5.74) is -0.774. The number of phenols is 1. The fourth-order valence-corrected chi connectivity index (χ4v) is 4.44. The molecule has 4 N–H and O–H groups in total. The van der Waals surface area contributed by atoms with Crippen molar-refractivity contribution < 1.29 is 48.9 Å². The first kappa shape index (κ1) is 23.9. The van der Waals surface area contributed by atoms with Gasteiger partial charge in [-0.1, -0.05) is 0 Å². The van der Waals surface area contributed by atoms with Gasteiger partial charge in [0.2, 0.25) is 5.75 Å². The Morgan fingerprint density at radius 3 is 1.94 bits per heavy atom. The normalized spacial score (nSPS) is 25.2. The van der Waals surface area contributed by atoms with E-state index in [9.17, 15) is 25.2 Å². The summed E-state index contributed by atoms with van der Waals surface area (Å²) in [7, 11) is 5.41. The van der Waals surface area contributed by atoms with Gasteiger partial charge in [-0.15, -0.1) is 0 Å². The summed E-state index contributed by atoms with van der Waals surface area (Å²) in [5.74, 6) is -1.27. The number of rotatable bonds is 8. The smallest absolute Gasteiger partial charge is 0.261 e. The summed E-state index contributed by atoms with van der Waals surface area (Å²) in [4.78, 5) is 12.6. The topological polar surface area (TPSA) is 144 Å². The van der Waals surface area contributed by atoms with E-state index in [1.165, 1.54) is 52.7 Å². The summed E-state index contributed by atoms with van der Waals surface area (Å²) in [6.45, 7) is -1.04. The van der Waals surface area contributed by atoms with Gasteiger partial charge in [-0.05, 0) is 29.8 Å². The quantitative estimate of drug-likeness (QED) is 0.438. The number of methoxy groups -OCH3 is 4. The molecule has 10 heteroatoms. The summed E-state index contributed by atoms with van der Waals surface area (Å²) in [6, 6.07) is 3.06. The highest BCUT2D eigenvalue weighted by molar-refractivity contribution is 6.06. The lowest BCUT2D eigenvalue weighted by molar-refractivity contribution is -0.119. The van der Waals surface area contributed by atoms with Crippen LogP contribution < -0.4 is 9.47 Å².